The summed E-state index contributed by atoms with van der Waals surface area (Å²) in [5.41, 5.74) is 5.66. The Labute approximate surface area is 239 Å². The fourth-order valence-corrected chi connectivity index (χ4v) is 5.47. The number of pyridine rings is 1. The van der Waals surface area contributed by atoms with E-state index in [-0.39, 0.29) is 5.91 Å². The van der Waals surface area contributed by atoms with Crippen LogP contribution in [-0.2, 0) is 29.0 Å². The van der Waals surface area contributed by atoms with Crippen LogP contribution >= 0.6 is 0 Å². The molecule has 0 radical (unpaired) electrons. The fourth-order valence-electron chi connectivity index (χ4n) is 5.47. The number of anilines is 2. The molecule has 0 saturated heterocycles. The van der Waals surface area contributed by atoms with E-state index in [4.69, 9.17) is 9.72 Å². The second-order valence-corrected chi connectivity index (χ2v) is 10.3. The maximum Gasteiger partial charge on any atom is 0.339 e. The topological polar surface area (TPSA) is 62.7 Å². The minimum atomic E-state index is -1.02. The maximum absolute atomic E-state index is 14.0. The van der Waals surface area contributed by atoms with Crippen LogP contribution in [-0.4, -0.2) is 34.4 Å². The zero-order valence-corrected chi connectivity index (χ0v) is 22.9. The molecule has 1 aliphatic heterocycles. The van der Waals surface area contributed by atoms with Gasteiger partial charge in [-0.25, -0.2) is 4.79 Å². The summed E-state index contributed by atoms with van der Waals surface area (Å²) in [5, 5.41) is 0.737. The Morgan fingerprint density at radius 3 is 2.07 bits per heavy atom. The summed E-state index contributed by atoms with van der Waals surface area (Å²) in [6.07, 6.45) is -0.285. The molecule has 4 aromatic carbocycles. The normalized spacial score (nSPS) is 13.8. The number of aromatic nitrogens is 1. The molecule has 2 heterocycles. The number of fused-ring (bicyclic) bond motifs is 2. The number of ether oxygens (including phenoxy) is 1. The third-order valence-corrected chi connectivity index (χ3v) is 7.46. The minimum absolute atomic E-state index is 0.325. The predicted octanol–water partition coefficient (Wildman–Crippen LogP) is 6.70. The van der Waals surface area contributed by atoms with Crippen molar-refractivity contribution in [3.05, 3.63) is 138 Å². The lowest BCUT2D eigenvalue weighted by molar-refractivity contribution is -0.125. The van der Waals surface area contributed by atoms with Crippen molar-refractivity contribution in [1.82, 2.24) is 9.88 Å². The highest BCUT2D eigenvalue weighted by Crippen LogP contribution is 2.31. The Morgan fingerprint density at radius 1 is 0.829 bits per heavy atom. The van der Waals surface area contributed by atoms with E-state index in [9.17, 15) is 9.59 Å². The number of nitrogens with zero attached hydrogens (tertiary/aromatic N) is 3. The fraction of sp³-hybridized carbons (Fsp3) is 0.171. The van der Waals surface area contributed by atoms with Crippen LogP contribution in [0.25, 0.3) is 10.9 Å². The Morgan fingerprint density at radius 2 is 1.41 bits per heavy atom. The highest BCUT2D eigenvalue weighted by atomic mass is 16.5. The standard InChI is InChI=1S/C35H31N3O3/c1-25(34(39)38(27-15-7-3-8-16-27)28-17-9-4-10-18-28)41-35(40)33-29-19-11-12-20-31(29)36-32-21-22-37(24-30(32)33)23-26-13-5-2-6-14-26/h2-20,25H,21-24H2,1H3. The van der Waals surface area contributed by atoms with Gasteiger partial charge in [0.1, 0.15) is 0 Å². The molecule has 6 heteroatoms. The Bertz CT molecular complexity index is 1630. The van der Waals surface area contributed by atoms with Gasteiger partial charge in [-0.2, -0.15) is 0 Å². The number of esters is 1. The summed E-state index contributed by atoms with van der Waals surface area (Å²) in [7, 11) is 0. The maximum atomic E-state index is 14.0. The summed E-state index contributed by atoms with van der Waals surface area (Å²) < 4.78 is 5.97. The molecule has 1 aliphatic rings. The van der Waals surface area contributed by atoms with Gasteiger partial charge >= 0.3 is 5.97 Å². The third kappa shape index (κ3) is 5.60. The molecule has 0 saturated carbocycles. The van der Waals surface area contributed by atoms with Gasteiger partial charge in [0.25, 0.3) is 5.91 Å². The molecule has 6 rings (SSSR count). The van der Waals surface area contributed by atoms with Gasteiger partial charge < -0.3 is 4.74 Å². The SMILES string of the molecule is CC(OC(=O)c1c2c(nc3ccccc13)CCN(Cc1ccccc1)C2)C(=O)N(c1ccccc1)c1ccccc1. The van der Waals surface area contributed by atoms with Crippen molar-refractivity contribution in [2.24, 2.45) is 0 Å². The van der Waals surface area contributed by atoms with E-state index >= 15 is 0 Å². The van der Waals surface area contributed by atoms with Crippen LogP contribution in [0.3, 0.4) is 0 Å². The van der Waals surface area contributed by atoms with Crippen LogP contribution in [0.5, 0.6) is 0 Å². The number of rotatable bonds is 7. The van der Waals surface area contributed by atoms with Gasteiger partial charge in [0.05, 0.1) is 11.1 Å². The largest absolute Gasteiger partial charge is 0.449 e. The van der Waals surface area contributed by atoms with Crippen LogP contribution in [0.4, 0.5) is 11.4 Å². The molecule has 0 N–H and O–H groups in total. The first-order valence-electron chi connectivity index (χ1n) is 13.9. The molecule has 41 heavy (non-hydrogen) atoms. The van der Waals surface area contributed by atoms with Gasteiger partial charge in [0, 0.05) is 54.1 Å². The quantitative estimate of drug-likeness (QED) is 0.215. The van der Waals surface area contributed by atoms with Crippen molar-refractivity contribution >= 4 is 34.2 Å². The highest BCUT2D eigenvalue weighted by molar-refractivity contribution is 6.08. The molecule has 1 aromatic heterocycles. The Hall–Kier alpha value is -4.81. The second kappa shape index (κ2) is 11.7. The number of hydrogen-bond donors (Lipinski definition) is 0. The lowest BCUT2D eigenvalue weighted by Gasteiger charge is -2.30. The van der Waals surface area contributed by atoms with Crippen molar-refractivity contribution in [3.8, 4) is 0 Å². The van der Waals surface area contributed by atoms with Crippen molar-refractivity contribution in [2.75, 3.05) is 11.4 Å². The first-order chi connectivity index (χ1) is 20.1. The highest BCUT2D eigenvalue weighted by Gasteiger charge is 2.31. The minimum Gasteiger partial charge on any atom is -0.449 e. The molecule has 1 atom stereocenters. The number of hydrogen-bond acceptors (Lipinski definition) is 5. The monoisotopic (exact) mass is 541 g/mol. The summed E-state index contributed by atoms with van der Waals surface area (Å²) in [4.78, 5) is 36.6. The first-order valence-corrected chi connectivity index (χ1v) is 13.9. The molecular formula is C35H31N3O3. The van der Waals surface area contributed by atoms with Crippen LogP contribution in [0, 0.1) is 0 Å². The van der Waals surface area contributed by atoms with Crippen molar-refractivity contribution < 1.29 is 14.3 Å². The Balaban J connectivity index is 1.31. The van der Waals surface area contributed by atoms with Gasteiger partial charge in [-0.15, -0.1) is 0 Å². The van der Waals surface area contributed by atoms with Crippen LogP contribution in [0.15, 0.2) is 115 Å². The van der Waals surface area contributed by atoms with E-state index in [0.29, 0.717) is 23.5 Å². The molecule has 1 amide bonds. The van der Waals surface area contributed by atoms with E-state index in [0.717, 1.165) is 41.7 Å². The summed E-state index contributed by atoms with van der Waals surface area (Å²) >= 11 is 0. The van der Waals surface area contributed by atoms with Gasteiger partial charge in [-0.05, 0) is 42.8 Å². The summed E-state index contributed by atoms with van der Waals surface area (Å²) in [5.74, 6) is -0.836. The van der Waals surface area contributed by atoms with Crippen LogP contribution in [0.1, 0.15) is 34.1 Å². The van der Waals surface area contributed by atoms with E-state index < -0.39 is 12.1 Å². The molecule has 0 aliphatic carbocycles. The molecule has 204 valence electrons. The van der Waals surface area contributed by atoms with E-state index in [1.54, 1.807) is 11.8 Å². The molecule has 0 fully saturated rings. The number of benzene rings is 4. The smallest absolute Gasteiger partial charge is 0.339 e. The molecule has 6 nitrogen and oxygen atoms in total. The van der Waals surface area contributed by atoms with E-state index in [1.807, 2.05) is 103 Å². The van der Waals surface area contributed by atoms with Gasteiger partial charge in [0.2, 0.25) is 0 Å². The number of amides is 1. The van der Waals surface area contributed by atoms with Crippen molar-refractivity contribution in [1.29, 1.82) is 0 Å². The molecule has 5 aromatic rings. The molecular weight excluding hydrogens is 510 g/mol. The lowest BCUT2D eigenvalue weighted by Crippen LogP contribution is -2.38. The van der Waals surface area contributed by atoms with Crippen molar-refractivity contribution in [2.45, 2.75) is 32.5 Å². The van der Waals surface area contributed by atoms with Gasteiger partial charge in [-0.3, -0.25) is 19.6 Å². The van der Waals surface area contributed by atoms with Crippen LogP contribution < -0.4 is 4.90 Å². The van der Waals surface area contributed by atoms with E-state index in [2.05, 4.69) is 17.0 Å². The predicted molar refractivity (Wildman–Crippen MR) is 161 cm³/mol. The number of carbonyl (C=O) groups excluding carboxylic acids is 2. The molecule has 0 spiro atoms. The van der Waals surface area contributed by atoms with Crippen LogP contribution in [0.2, 0.25) is 0 Å². The second-order valence-electron chi connectivity index (χ2n) is 10.3. The van der Waals surface area contributed by atoms with Gasteiger partial charge in [-0.1, -0.05) is 84.9 Å². The zero-order valence-electron chi connectivity index (χ0n) is 22.9. The van der Waals surface area contributed by atoms with Gasteiger partial charge in [0.15, 0.2) is 6.10 Å². The van der Waals surface area contributed by atoms with E-state index in [1.165, 1.54) is 5.56 Å². The molecule has 0 bridgehead atoms. The molecule has 1 unspecified atom stereocenters. The average Bonchev–Trinajstić information content (AvgIpc) is 3.01. The number of carbonyl (C=O) groups is 2. The lowest BCUT2D eigenvalue weighted by atomic mass is 9.95. The average molecular weight is 542 g/mol. The first kappa shape index (κ1) is 26.4. The third-order valence-electron chi connectivity index (χ3n) is 7.46. The van der Waals surface area contributed by atoms with Crippen molar-refractivity contribution in [3.63, 3.8) is 0 Å². The Kier molecular flexibility index (Phi) is 7.56. The summed E-state index contributed by atoms with van der Waals surface area (Å²) in [6.45, 7) is 3.84. The summed E-state index contributed by atoms with van der Waals surface area (Å²) in [6, 6.07) is 36.8. The zero-order chi connectivity index (χ0) is 28.2. The number of para-hydroxylation sites is 3.